The van der Waals surface area contributed by atoms with Gasteiger partial charge in [0.25, 0.3) is 0 Å². The smallest absolute Gasteiger partial charge is 0.137 e. The minimum atomic E-state index is 0.148. The lowest BCUT2D eigenvalue weighted by atomic mass is 9.98. The second-order valence-corrected chi connectivity index (χ2v) is 5.31. The van der Waals surface area contributed by atoms with Crippen molar-refractivity contribution in [2.24, 2.45) is 5.73 Å². The van der Waals surface area contributed by atoms with E-state index in [0.29, 0.717) is 0 Å². The molecule has 0 bridgehead atoms. The van der Waals surface area contributed by atoms with Crippen LogP contribution in [0.25, 0.3) is 0 Å². The normalized spacial score (nSPS) is 12.4. The summed E-state index contributed by atoms with van der Waals surface area (Å²) in [6.07, 6.45) is 1.62. The maximum atomic E-state index is 5.87. The Kier molecular flexibility index (Phi) is 4.45. The van der Waals surface area contributed by atoms with E-state index < -0.39 is 0 Å². The summed E-state index contributed by atoms with van der Waals surface area (Å²) in [4.78, 5) is 0. The van der Waals surface area contributed by atoms with Crippen molar-refractivity contribution in [1.29, 1.82) is 0 Å². The standard InChI is InChI=1S/C16H22N2O2/c1-10(17)7-13-5-6-16(19-4)14(8-13)9-15-11(2)18-20-12(15)3/h5-6,8,10H,7,9,17H2,1-4H3. The molecule has 1 atom stereocenters. The Balaban J connectivity index is 2.33. The molecule has 1 heterocycles. The third-order valence-corrected chi connectivity index (χ3v) is 3.45. The molecule has 2 rings (SSSR count). The Bertz CT molecular complexity index is 569. The van der Waals surface area contributed by atoms with E-state index in [-0.39, 0.29) is 6.04 Å². The lowest BCUT2D eigenvalue weighted by Gasteiger charge is -2.12. The van der Waals surface area contributed by atoms with Gasteiger partial charge in [-0.15, -0.1) is 0 Å². The second-order valence-electron chi connectivity index (χ2n) is 5.31. The van der Waals surface area contributed by atoms with Crippen molar-refractivity contribution in [2.45, 2.75) is 39.7 Å². The SMILES string of the molecule is COc1ccc(CC(C)N)cc1Cc1c(C)noc1C. The molecule has 4 heteroatoms. The first-order chi connectivity index (χ1) is 9.51. The summed E-state index contributed by atoms with van der Waals surface area (Å²) in [5, 5.41) is 4.00. The van der Waals surface area contributed by atoms with Crippen molar-refractivity contribution in [3.8, 4) is 5.75 Å². The predicted molar refractivity (Wildman–Crippen MR) is 79.1 cm³/mol. The van der Waals surface area contributed by atoms with Crippen LogP contribution in [0.2, 0.25) is 0 Å². The highest BCUT2D eigenvalue weighted by Crippen LogP contribution is 2.26. The van der Waals surface area contributed by atoms with Crippen LogP contribution < -0.4 is 10.5 Å². The van der Waals surface area contributed by atoms with Gasteiger partial charge in [0.05, 0.1) is 12.8 Å². The van der Waals surface area contributed by atoms with Crippen LogP contribution in [0, 0.1) is 13.8 Å². The molecular weight excluding hydrogens is 252 g/mol. The van der Waals surface area contributed by atoms with Gasteiger partial charge in [-0.1, -0.05) is 17.3 Å². The number of benzene rings is 1. The quantitative estimate of drug-likeness (QED) is 0.910. The number of aromatic nitrogens is 1. The fraction of sp³-hybridized carbons (Fsp3) is 0.438. The molecular formula is C16H22N2O2. The second kappa shape index (κ2) is 6.09. The summed E-state index contributed by atoms with van der Waals surface area (Å²) in [7, 11) is 1.69. The van der Waals surface area contributed by atoms with Gasteiger partial charge in [0, 0.05) is 18.0 Å². The largest absolute Gasteiger partial charge is 0.496 e. The molecule has 0 aliphatic carbocycles. The highest BCUT2D eigenvalue weighted by Gasteiger charge is 2.13. The van der Waals surface area contributed by atoms with Crippen LogP contribution in [0.5, 0.6) is 5.75 Å². The van der Waals surface area contributed by atoms with Crippen LogP contribution in [0.15, 0.2) is 22.7 Å². The highest BCUT2D eigenvalue weighted by atomic mass is 16.5. The fourth-order valence-electron chi connectivity index (χ4n) is 2.41. The van der Waals surface area contributed by atoms with Crippen LogP contribution in [0.3, 0.4) is 0 Å². The third-order valence-electron chi connectivity index (χ3n) is 3.45. The highest BCUT2D eigenvalue weighted by molar-refractivity contribution is 5.42. The van der Waals surface area contributed by atoms with Gasteiger partial charge < -0.3 is 15.0 Å². The maximum absolute atomic E-state index is 5.87. The van der Waals surface area contributed by atoms with Gasteiger partial charge in [-0.3, -0.25) is 0 Å². The van der Waals surface area contributed by atoms with Crippen LogP contribution in [0.4, 0.5) is 0 Å². The number of rotatable bonds is 5. The first-order valence-corrected chi connectivity index (χ1v) is 6.84. The van der Waals surface area contributed by atoms with Crippen LogP contribution in [-0.4, -0.2) is 18.3 Å². The maximum Gasteiger partial charge on any atom is 0.137 e. The number of hydrogen-bond acceptors (Lipinski definition) is 4. The molecule has 0 saturated carbocycles. The average Bonchev–Trinajstić information content (AvgIpc) is 2.70. The van der Waals surface area contributed by atoms with Gasteiger partial charge in [-0.2, -0.15) is 0 Å². The van der Waals surface area contributed by atoms with Crippen molar-refractivity contribution in [3.05, 3.63) is 46.3 Å². The number of hydrogen-bond donors (Lipinski definition) is 1. The van der Waals surface area contributed by atoms with Gasteiger partial charge in [-0.25, -0.2) is 0 Å². The monoisotopic (exact) mass is 274 g/mol. The van der Waals surface area contributed by atoms with E-state index in [1.54, 1.807) is 7.11 Å². The summed E-state index contributed by atoms with van der Waals surface area (Å²) in [6.45, 7) is 5.91. The molecule has 2 aromatic rings. The van der Waals surface area contributed by atoms with Gasteiger partial charge in [0.15, 0.2) is 0 Å². The minimum Gasteiger partial charge on any atom is -0.496 e. The van der Waals surface area contributed by atoms with E-state index in [1.165, 1.54) is 5.56 Å². The third kappa shape index (κ3) is 3.20. The minimum absolute atomic E-state index is 0.148. The topological polar surface area (TPSA) is 61.3 Å². The average molecular weight is 274 g/mol. The van der Waals surface area contributed by atoms with Crippen molar-refractivity contribution >= 4 is 0 Å². The van der Waals surface area contributed by atoms with Crippen LogP contribution in [0.1, 0.15) is 35.1 Å². The molecule has 0 amide bonds. The van der Waals surface area contributed by atoms with Gasteiger partial charge in [-0.05, 0) is 44.4 Å². The number of nitrogens with zero attached hydrogens (tertiary/aromatic N) is 1. The van der Waals surface area contributed by atoms with Crippen molar-refractivity contribution in [2.75, 3.05) is 7.11 Å². The Morgan fingerprint density at radius 1 is 1.35 bits per heavy atom. The molecule has 0 saturated heterocycles. The number of methoxy groups -OCH3 is 1. The van der Waals surface area contributed by atoms with Gasteiger partial charge in [0.2, 0.25) is 0 Å². The zero-order chi connectivity index (χ0) is 14.7. The Labute approximate surface area is 119 Å². The molecule has 4 nitrogen and oxygen atoms in total. The Morgan fingerprint density at radius 3 is 2.65 bits per heavy atom. The molecule has 2 N–H and O–H groups in total. The Morgan fingerprint density at radius 2 is 2.10 bits per heavy atom. The van der Waals surface area contributed by atoms with Crippen molar-refractivity contribution in [1.82, 2.24) is 5.16 Å². The van der Waals surface area contributed by atoms with E-state index in [4.69, 9.17) is 15.0 Å². The van der Waals surface area contributed by atoms with Gasteiger partial charge in [0.1, 0.15) is 11.5 Å². The zero-order valence-electron chi connectivity index (χ0n) is 12.6. The van der Waals surface area contributed by atoms with Crippen molar-refractivity contribution < 1.29 is 9.26 Å². The first-order valence-electron chi connectivity index (χ1n) is 6.84. The summed E-state index contributed by atoms with van der Waals surface area (Å²) >= 11 is 0. The summed E-state index contributed by atoms with van der Waals surface area (Å²) in [5.74, 6) is 1.75. The predicted octanol–water partition coefficient (Wildman–Crippen LogP) is 2.78. The molecule has 0 aliphatic rings. The van der Waals surface area contributed by atoms with E-state index in [9.17, 15) is 0 Å². The Hall–Kier alpha value is -1.81. The summed E-state index contributed by atoms with van der Waals surface area (Å²) in [5.41, 5.74) is 10.3. The molecule has 0 spiro atoms. The van der Waals surface area contributed by atoms with E-state index in [2.05, 4.69) is 17.3 Å². The zero-order valence-corrected chi connectivity index (χ0v) is 12.6. The van der Waals surface area contributed by atoms with E-state index in [0.717, 1.165) is 41.2 Å². The fourth-order valence-corrected chi connectivity index (χ4v) is 2.41. The molecule has 0 aliphatic heterocycles. The summed E-state index contributed by atoms with van der Waals surface area (Å²) in [6, 6.07) is 6.38. The van der Waals surface area contributed by atoms with Gasteiger partial charge >= 0.3 is 0 Å². The van der Waals surface area contributed by atoms with Crippen LogP contribution in [-0.2, 0) is 12.8 Å². The molecule has 0 radical (unpaired) electrons. The van der Waals surface area contributed by atoms with E-state index in [1.807, 2.05) is 26.8 Å². The molecule has 1 unspecified atom stereocenters. The molecule has 0 fully saturated rings. The molecule has 1 aromatic carbocycles. The number of ether oxygens (including phenoxy) is 1. The molecule has 108 valence electrons. The number of aryl methyl sites for hydroxylation is 2. The molecule has 1 aromatic heterocycles. The first kappa shape index (κ1) is 14.6. The molecule has 20 heavy (non-hydrogen) atoms. The lowest BCUT2D eigenvalue weighted by Crippen LogP contribution is -2.17. The van der Waals surface area contributed by atoms with E-state index >= 15 is 0 Å². The number of nitrogens with two attached hydrogens (primary N) is 1. The summed E-state index contributed by atoms with van der Waals surface area (Å²) < 4.78 is 10.7. The van der Waals surface area contributed by atoms with Crippen LogP contribution >= 0.6 is 0 Å². The lowest BCUT2D eigenvalue weighted by molar-refractivity contribution is 0.392. The van der Waals surface area contributed by atoms with Crippen molar-refractivity contribution in [3.63, 3.8) is 0 Å².